The molecule has 5 nitrogen and oxygen atoms in total. The Balaban J connectivity index is 2.92. The Labute approximate surface area is 130 Å². The van der Waals surface area contributed by atoms with Gasteiger partial charge in [0.2, 0.25) is 0 Å². The van der Waals surface area contributed by atoms with Gasteiger partial charge in [0.1, 0.15) is 6.54 Å². The number of nitrogen functional groups attached to an aromatic ring is 1. The van der Waals surface area contributed by atoms with E-state index in [-0.39, 0.29) is 25.0 Å². The molecule has 21 heavy (non-hydrogen) atoms. The van der Waals surface area contributed by atoms with Crippen LogP contribution in [0.2, 0.25) is 5.02 Å². The summed E-state index contributed by atoms with van der Waals surface area (Å²) in [7, 11) is 0. The number of benzene rings is 1. The quantitative estimate of drug-likeness (QED) is 0.647. The molecule has 0 atom stereocenters. The number of carbonyl (C=O) groups excluding carboxylic acids is 2. The number of ether oxygens (including phenoxy) is 1. The van der Waals surface area contributed by atoms with Crippen LogP contribution in [0.4, 0.5) is 5.69 Å². The summed E-state index contributed by atoms with van der Waals surface area (Å²) in [4.78, 5) is 25.6. The molecule has 1 amide bonds. The molecule has 1 aromatic carbocycles. The third kappa shape index (κ3) is 5.27. The summed E-state index contributed by atoms with van der Waals surface area (Å²) in [5.74, 6) is -0.459. The summed E-state index contributed by atoms with van der Waals surface area (Å²) >= 11 is 5.94. The predicted molar refractivity (Wildman–Crippen MR) is 83.2 cm³/mol. The summed E-state index contributed by atoms with van der Waals surface area (Å²) in [6.07, 6.45) is 0. The Kier molecular flexibility index (Phi) is 6.49. The molecular weight excluding hydrogens is 292 g/mol. The number of anilines is 1. The van der Waals surface area contributed by atoms with E-state index < -0.39 is 5.97 Å². The van der Waals surface area contributed by atoms with Gasteiger partial charge >= 0.3 is 5.97 Å². The molecule has 1 aromatic rings. The predicted octanol–water partition coefficient (Wildman–Crippen LogP) is 2.58. The maximum absolute atomic E-state index is 12.5. The van der Waals surface area contributed by atoms with Crippen molar-refractivity contribution in [1.82, 2.24) is 4.90 Å². The van der Waals surface area contributed by atoms with Crippen LogP contribution in [0.3, 0.4) is 0 Å². The van der Waals surface area contributed by atoms with Gasteiger partial charge in [0, 0.05) is 12.1 Å². The second-order valence-corrected chi connectivity index (χ2v) is 5.53. The number of hydrogen-bond acceptors (Lipinski definition) is 4. The van der Waals surface area contributed by atoms with E-state index in [9.17, 15) is 9.59 Å². The molecule has 0 heterocycles. The molecule has 0 spiro atoms. The summed E-state index contributed by atoms with van der Waals surface area (Å²) < 4.78 is 4.90. The van der Waals surface area contributed by atoms with Gasteiger partial charge < -0.3 is 15.4 Å². The molecule has 0 fully saturated rings. The number of nitrogens with zero attached hydrogens (tertiary/aromatic N) is 1. The van der Waals surface area contributed by atoms with Gasteiger partial charge in [-0.25, -0.2) is 0 Å². The third-order valence-electron chi connectivity index (χ3n) is 2.75. The van der Waals surface area contributed by atoms with Crippen LogP contribution >= 0.6 is 11.6 Å². The van der Waals surface area contributed by atoms with Crippen molar-refractivity contribution in [3.05, 3.63) is 28.8 Å². The summed E-state index contributed by atoms with van der Waals surface area (Å²) in [5.41, 5.74) is 6.45. The van der Waals surface area contributed by atoms with Gasteiger partial charge in [0.25, 0.3) is 5.91 Å². The standard InChI is InChI=1S/C15H21ClN2O3/c1-4-21-14(19)9-18(8-10(2)3)15(20)11-5-6-13(17)12(16)7-11/h5-7,10H,4,8-9,17H2,1-3H3. The molecule has 2 N–H and O–H groups in total. The molecule has 0 aliphatic heterocycles. The molecule has 0 radical (unpaired) electrons. The van der Waals surface area contributed by atoms with Gasteiger partial charge in [-0.3, -0.25) is 9.59 Å². The van der Waals surface area contributed by atoms with Crippen LogP contribution in [0.5, 0.6) is 0 Å². The third-order valence-corrected chi connectivity index (χ3v) is 3.07. The number of halogens is 1. The Morgan fingerprint density at radius 2 is 2.05 bits per heavy atom. The minimum absolute atomic E-state index is 0.0765. The van der Waals surface area contributed by atoms with Gasteiger partial charge in [-0.1, -0.05) is 25.4 Å². The van der Waals surface area contributed by atoms with Crippen molar-refractivity contribution in [3.63, 3.8) is 0 Å². The zero-order valence-electron chi connectivity index (χ0n) is 12.6. The van der Waals surface area contributed by atoms with Crippen LogP contribution in [-0.4, -0.2) is 36.5 Å². The van der Waals surface area contributed by atoms with Gasteiger partial charge in [0.15, 0.2) is 0 Å². The molecule has 0 aliphatic rings. The molecule has 0 aliphatic carbocycles. The lowest BCUT2D eigenvalue weighted by atomic mass is 10.1. The average Bonchev–Trinajstić information content (AvgIpc) is 2.40. The zero-order valence-corrected chi connectivity index (χ0v) is 13.3. The average molecular weight is 313 g/mol. The Morgan fingerprint density at radius 3 is 2.57 bits per heavy atom. The highest BCUT2D eigenvalue weighted by atomic mass is 35.5. The smallest absolute Gasteiger partial charge is 0.325 e. The highest BCUT2D eigenvalue weighted by Gasteiger charge is 2.21. The summed E-state index contributed by atoms with van der Waals surface area (Å²) in [6, 6.07) is 4.69. The molecule has 1 rings (SSSR count). The van der Waals surface area contributed by atoms with Gasteiger partial charge in [-0.05, 0) is 31.0 Å². The van der Waals surface area contributed by atoms with E-state index in [0.717, 1.165) is 0 Å². The summed E-state index contributed by atoms with van der Waals surface area (Å²) in [5, 5.41) is 0.321. The monoisotopic (exact) mass is 312 g/mol. The lowest BCUT2D eigenvalue weighted by molar-refractivity contribution is -0.143. The Morgan fingerprint density at radius 1 is 1.38 bits per heavy atom. The fourth-order valence-electron chi connectivity index (χ4n) is 1.87. The van der Waals surface area contributed by atoms with Crippen LogP contribution in [0.1, 0.15) is 31.1 Å². The molecular formula is C15H21ClN2O3. The first-order valence-corrected chi connectivity index (χ1v) is 7.22. The van der Waals surface area contributed by atoms with E-state index in [1.165, 1.54) is 11.0 Å². The topological polar surface area (TPSA) is 72.6 Å². The highest BCUT2D eigenvalue weighted by molar-refractivity contribution is 6.33. The molecule has 0 bridgehead atoms. The minimum Gasteiger partial charge on any atom is -0.465 e. The van der Waals surface area contributed by atoms with Crippen LogP contribution in [0.25, 0.3) is 0 Å². The first-order chi connectivity index (χ1) is 9.85. The summed E-state index contributed by atoms with van der Waals surface area (Å²) in [6.45, 7) is 6.35. The lowest BCUT2D eigenvalue weighted by Crippen LogP contribution is -2.39. The minimum atomic E-state index is -0.423. The molecule has 116 valence electrons. The highest BCUT2D eigenvalue weighted by Crippen LogP contribution is 2.21. The number of amides is 1. The fraction of sp³-hybridized carbons (Fsp3) is 0.467. The van der Waals surface area contributed by atoms with Crippen LogP contribution in [0, 0.1) is 5.92 Å². The van der Waals surface area contributed by atoms with Gasteiger partial charge in [-0.2, -0.15) is 0 Å². The second-order valence-electron chi connectivity index (χ2n) is 5.12. The van der Waals surface area contributed by atoms with E-state index >= 15 is 0 Å². The number of hydrogen-bond donors (Lipinski definition) is 1. The number of esters is 1. The fourth-order valence-corrected chi connectivity index (χ4v) is 2.05. The van der Waals surface area contributed by atoms with E-state index in [0.29, 0.717) is 22.8 Å². The lowest BCUT2D eigenvalue weighted by Gasteiger charge is -2.23. The molecule has 0 saturated carbocycles. The first kappa shape index (κ1) is 17.3. The largest absolute Gasteiger partial charge is 0.465 e. The number of rotatable bonds is 6. The first-order valence-electron chi connectivity index (χ1n) is 6.85. The van der Waals surface area contributed by atoms with Crippen molar-refractivity contribution in [1.29, 1.82) is 0 Å². The van der Waals surface area contributed by atoms with E-state index in [4.69, 9.17) is 22.1 Å². The SMILES string of the molecule is CCOC(=O)CN(CC(C)C)C(=O)c1ccc(N)c(Cl)c1. The number of nitrogens with two attached hydrogens (primary N) is 1. The number of carbonyl (C=O) groups is 2. The zero-order chi connectivity index (χ0) is 16.0. The van der Waals surface area contributed by atoms with Gasteiger partial charge in [-0.15, -0.1) is 0 Å². The molecule has 6 heteroatoms. The Hall–Kier alpha value is -1.75. The molecule has 0 saturated heterocycles. The van der Waals surface area contributed by atoms with Crippen molar-refractivity contribution in [2.45, 2.75) is 20.8 Å². The maximum atomic E-state index is 12.5. The van der Waals surface area contributed by atoms with Crippen molar-refractivity contribution in [3.8, 4) is 0 Å². The van der Waals surface area contributed by atoms with Crippen LogP contribution < -0.4 is 5.73 Å². The molecule has 0 unspecified atom stereocenters. The molecule has 0 aromatic heterocycles. The second kappa shape index (κ2) is 7.88. The van der Waals surface area contributed by atoms with Crippen molar-refractivity contribution >= 4 is 29.2 Å². The van der Waals surface area contributed by atoms with E-state index in [1.54, 1.807) is 19.1 Å². The van der Waals surface area contributed by atoms with Crippen molar-refractivity contribution in [2.75, 3.05) is 25.4 Å². The normalized spacial score (nSPS) is 10.5. The van der Waals surface area contributed by atoms with Crippen molar-refractivity contribution in [2.24, 2.45) is 5.92 Å². The van der Waals surface area contributed by atoms with E-state index in [2.05, 4.69) is 0 Å². The maximum Gasteiger partial charge on any atom is 0.325 e. The van der Waals surface area contributed by atoms with E-state index in [1.807, 2.05) is 13.8 Å². The van der Waals surface area contributed by atoms with Crippen LogP contribution in [-0.2, 0) is 9.53 Å². The van der Waals surface area contributed by atoms with Crippen LogP contribution in [0.15, 0.2) is 18.2 Å². The Bertz CT molecular complexity index is 518. The van der Waals surface area contributed by atoms with Crippen molar-refractivity contribution < 1.29 is 14.3 Å². The van der Waals surface area contributed by atoms with Gasteiger partial charge in [0.05, 0.1) is 17.3 Å².